The normalized spacial score (nSPS) is 13.7. The molecule has 0 saturated carbocycles. The molecular weight excluding hydrogens is 368 g/mol. The number of amides is 1. The monoisotopic (exact) mass is 396 g/mol. The molecule has 2 aromatic carbocycles. The summed E-state index contributed by atoms with van der Waals surface area (Å²) in [4.78, 5) is 31.6. The fraction of sp³-hybridized carbons (Fsp3) is 0.318. The van der Waals surface area contributed by atoms with E-state index in [0.29, 0.717) is 6.54 Å². The van der Waals surface area contributed by atoms with Gasteiger partial charge < -0.3 is 11.1 Å². The highest BCUT2D eigenvalue weighted by molar-refractivity contribution is 5.78. The van der Waals surface area contributed by atoms with Gasteiger partial charge in [0.05, 0.1) is 6.54 Å². The third-order valence-corrected chi connectivity index (χ3v) is 4.44. The number of carbonyl (C=O) groups excluding carboxylic acids is 3. The zero-order valence-electron chi connectivity index (χ0n) is 16.7. The van der Waals surface area contributed by atoms with E-state index in [2.05, 4.69) is 34.1 Å². The van der Waals surface area contributed by atoms with E-state index in [1.807, 2.05) is 37.3 Å². The first kappa shape index (κ1) is 23.9. The second kappa shape index (κ2) is 14.0. The van der Waals surface area contributed by atoms with Crippen LogP contribution < -0.4 is 5.73 Å². The Labute approximate surface area is 171 Å². The highest BCUT2D eigenvalue weighted by atomic mass is 16.2. The highest BCUT2D eigenvalue weighted by Crippen LogP contribution is 2.08. The van der Waals surface area contributed by atoms with Crippen molar-refractivity contribution in [3.8, 4) is 0 Å². The lowest BCUT2D eigenvalue weighted by molar-refractivity contribution is -0.191. The predicted octanol–water partition coefficient (Wildman–Crippen LogP) is 1.70. The van der Waals surface area contributed by atoms with Gasteiger partial charge in [-0.15, -0.1) is 0 Å². The molecule has 1 amide bonds. The minimum atomic E-state index is -0.235. The predicted molar refractivity (Wildman–Crippen MR) is 111 cm³/mol. The van der Waals surface area contributed by atoms with Gasteiger partial charge in [-0.05, 0) is 23.6 Å². The lowest BCUT2D eigenvalue weighted by Crippen LogP contribution is -2.48. The van der Waals surface area contributed by atoms with Crippen molar-refractivity contribution < 1.29 is 14.4 Å². The van der Waals surface area contributed by atoms with E-state index in [-0.39, 0.29) is 12.1 Å². The number of primary amides is 1. The number of hydrogen-bond donors (Lipinski definition) is 2. The van der Waals surface area contributed by atoms with Crippen LogP contribution in [0.1, 0.15) is 16.7 Å². The summed E-state index contributed by atoms with van der Waals surface area (Å²) in [6.07, 6.45) is 1.62. The van der Waals surface area contributed by atoms with Gasteiger partial charge in [-0.1, -0.05) is 54.6 Å². The molecule has 0 bridgehead atoms. The molecule has 29 heavy (non-hydrogen) atoms. The molecule has 154 valence electrons. The molecule has 0 unspecified atom stereocenters. The Morgan fingerprint density at radius 3 is 2.00 bits per heavy atom. The van der Waals surface area contributed by atoms with Gasteiger partial charge in [0.25, 0.3) is 0 Å². The molecule has 1 aliphatic rings. The molecule has 7 nitrogen and oxygen atoms in total. The minimum absolute atomic E-state index is 0.235. The average Bonchev–Trinajstić information content (AvgIpc) is 2.71. The smallest absolute Gasteiger partial charge is 0.369 e. The summed E-state index contributed by atoms with van der Waals surface area (Å²) in [5, 5.41) is 6.96. The molecule has 0 atom stereocenters. The average molecular weight is 396 g/mol. The number of benzene rings is 2. The molecule has 1 fully saturated rings. The van der Waals surface area contributed by atoms with Crippen molar-refractivity contribution in [2.45, 2.75) is 13.5 Å². The Balaban J connectivity index is 0.000000294. The summed E-state index contributed by atoms with van der Waals surface area (Å²) in [5.41, 5.74) is 8.69. The summed E-state index contributed by atoms with van der Waals surface area (Å²) < 4.78 is 0. The topological polar surface area (TPSA) is 108 Å². The van der Waals surface area contributed by atoms with Gasteiger partial charge in [0.15, 0.2) is 0 Å². The zero-order valence-corrected chi connectivity index (χ0v) is 16.7. The Kier molecular flexibility index (Phi) is 11.5. The van der Waals surface area contributed by atoms with E-state index in [1.165, 1.54) is 11.8 Å². The number of nitrogens with zero attached hydrogens (tertiary/aromatic N) is 2. The molecule has 7 heteroatoms. The van der Waals surface area contributed by atoms with Gasteiger partial charge in [0.1, 0.15) is 0 Å². The van der Waals surface area contributed by atoms with E-state index < -0.39 is 0 Å². The maximum Gasteiger partial charge on any atom is 0.373 e. The van der Waals surface area contributed by atoms with Gasteiger partial charge in [-0.2, -0.15) is 9.59 Å². The molecule has 3 rings (SSSR count). The molecule has 0 spiro atoms. The van der Waals surface area contributed by atoms with Crippen LogP contribution in [0, 0.1) is 12.3 Å². The Hall–Kier alpha value is -3.12. The van der Waals surface area contributed by atoms with Crippen LogP contribution in [0.3, 0.4) is 0 Å². The Bertz CT molecular complexity index is 782. The lowest BCUT2D eigenvalue weighted by Gasteiger charge is -2.33. The molecule has 3 N–H and O–H groups in total. The van der Waals surface area contributed by atoms with Crippen LogP contribution in [0.4, 0.5) is 0 Å². The first-order valence-corrected chi connectivity index (χ1v) is 9.32. The van der Waals surface area contributed by atoms with Crippen LogP contribution >= 0.6 is 0 Å². The summed E-state index contributed by atoms with van der Waals surface area (Å²) in [6, 6.07) is 18.3. The molecular formula is C22H28N4O3. The molecule has 0 aromatic heterocycles. The molecule has 1 heterocycles. The fourth-order valence-corrected chi connectivity index (χ4v) is 2.92. The summed E-state index contributed by atoms with van der Waals surface area (Å²) in [6.45, 7) is 7.24. The third-order valence-electron chi connectivity index (χ3n) is 4.44. The minimum Gasteiger partial charge on any atom is -0.369 e. The first-order valence-electron chi connectivity index (χ1n) is 9.32. The van der Waals surface area contributed by atoms with Crippen molar-refractivity contribution in [2.24, 2.45) is 5.73 Å². The van der Waals surface area contributed by atoms with E-state index >= 15 is 0 Å². The van der Waals surface area contributed by atoms with Crippen LogP contribution in [0.5, 0.6) is 0 Å². The number of piperazine rings is 1. The summed E-state index contributed by atoms with van der Waals surface area (Å²) in [5.74, 6) is -0.235. The molecule has 0 aliphatic carbocycles. The zero-order chi connectivity index (χ0) is 21.5. The number of hydrogen-bond acceptors (Lipinski definition) is 6. The van der Waals surface area contributed by atoms with Crippen molar-refractivity contribution in [1.29, 1.82) is 5.41 Å². The Morgan fingerprint density at radius 1 is 1.00 bits per heavy atom. The van der Waals surface area contributed by atoms with Gasteiger partial charge in [-0.25, -0.2) is 0 Å². The molecule has 1 aliphatic heterocycles. The van der Waals surface area contributed by atoms with Gasteiger partial charge in [0, 0.05) is 38.9 Å². The fourth-order valence-electron chi connectivity index (χ4n) is 2.92. The molecule has 0 radical (unpaired) electrons. The number of nitrogens with one attached hydrogen (secondary N) is 1. The van der Waals surface area contributed by atoms with E-state index in [1.54, 1.807) is 0 Å². The van der Waals surface area contributed by atoms with Crippen LogP contribution in [-0.2, 0) is 20.9 Å². The van der Waals surface area contributed by atoms with Crippen LogP contribution in [0.2, 0.25) is 0 Å². The lowest BCUT2D eigenvalue weighted by atomic mass is 10.1. The number of rotatable bonds is 5. The van der Waals surface area contributed by atoms with Crippen LogP contribution in [-0.4, -0.2) is 60.8 Å². The van der Waals surface area contributed by atoms with Crippen molar-refractivity contribution in [1.82, 2.24) is 9.80 Å². The highest BCUT2D eigenvalue weighted by Gasteiger charge is 2.17. The van der Waals surface area contributed by atoms with Crippen molar-refractivity contribution in [2.75, 3.05) is 32.7 Å². The molecule has 1 saturated heterocycles. The SMILES string of the molecule is Cc1ccccc1C=N.NC(=O)CN1CCN(Cc2ccccc2)CC1.O=C=O. The first-order chi connectivity index (χ1) is 14.0. The van der Waals surface area contributed by atoms with Crippen molar-refractivity contribution in [3.05, 3.63) is 71.3 Å². The quantitative estimate of drug-likeness (QED) is 0.748. The number of carbonyl (C=O) groups is 1. The standard InChI is InChI=1S/C13H19N3O.C8H9N.CO2/c14-13(17)11-16-8-6-15(7-9-16)10-12-4-2-1-3-5-12;1-7-4-2-3-5-8(7)6-9;2-1-3/h1-5H,6-11H2,(H2,14,17);2-6,9H,1H3;. The maximum atomic E-state index is 10.8. The van der Waals surface area contributed by atoms with Crippen LogP contribution in [0.15, 0.2) is 54.6 Å². The van der Waals surface area contributed by atoms with Gasteiger partial charge >= 0.3 is 6.15 Å². The van der Waals surface area contributed by atoms with E-state index in [4.69, 9.17) is 20.7 Å². The van der Waals surface area contributed by atoms with Crippen LogP contribution in [0.25, 0.3) is 0 Å². The van der Waals surface area contributed by atoms with Gasteiger partial charge in [-0.3, -0.25) is 14.6 Å². The van der Waals surface area contributed by atoms with Crippen molar-refractivity contribution >= 4 is 18.3 Å². The maximum absolute atomic E-state index is 10.8. The summed E-state index contributed by atoms with van der Waals surface area (Å²) in [7, 11) is 0. The van der Waals surface area contributed by atoms with Crippen molar-refractivity contribution in [3.63, 3.8) is 0 Å². The number of aryl methyl sites for hydroxylation is 1. The largest absolute Gasteiger partial charge is 0.373 e. The van der Waals surface area contributed by atoms with Gasteiger partial charge in [0.2, 0.25) is 5.91 Å². The second-order valence-corrected chi connectivity index (χ2v) is 6.59. The Morgan fingerprint density at radius 2 is 1.52 bits per heavy atom. The van der Waals surface area contributed by atoms with E-state index in [0.717, 1.165) is 43.9 Å². The summed E-state index contributed by atoms with van der Waals surface area (Å²) >= 11 is 0. The third kappa shape index (κ3) is 10.1. The number of nitrogens with two attached hydrogens (primary N) is 1. The second-order valence-electron chi connectivity index (χ2n) is 6.59. The molecule has 2 aromatic rings. The van der Waals surface area contributed by atoms with E-state index in [9.17, 15) is 4.79 Å².